The lowest BCUT2D eigenvalue weighted by molar-refractivity contribution is -0.115. The van der Waals surface area contributed by atoms with E-state index < -0.39 is 0 Å². The Labute approximate surface area is 236 Å². The Balaban J connectivity index is 1.14. The molecule has 0 radical (unpaired) electrons. The van der Waals surface area contributed by atoms with Crippen LogP contribution in [0.2, 0.25) is 0 Å². The number of rotatable bonds is 4. The predicted octanol–water partition coefficient (Wildman–Crippen LogP) is 8.07. The van der Waals surface area contributed by atoms with Crippen LogP contribution < -0.4 is 5.32 Å². The van der Waals surface area contributed by atoms with Crippen molar-refractivity contribution in [3.63, 3.8) is 0 Å². The molecule has 2 aromatic carbocycles. The third-order valence-electron chi connectivity index (χ3n) is 9.62. The molecule has 3 aromatic rings. The van der Waals surface area contributed by atoms with Gasteiger partial charge in [0.1, 0.15) is 0 Å². The average Bonchev–Trinajstić information content (AvgIpc) is 3.34. The number of thioether (sulfide) groups is 1. The second-order valence-electron chi connectivity index (χ2n) is 12.7. The van der Waals surface area contributed by atoms with Crippen molar-refractivity contribution in [2.24, 2.45) is 22.7 Å². The van der Waals surface area contributed by atoms with Crippen LogP contribution in [0, 0.1) is 45.4 Å². The van der Waals surface area contributed by atoms with Gasteiger partial charge in [-0.15, -0.1) is 0 Å². The van der Waals surface area contributed by atoms with Crippen molar-refractivity contribution in [3.05, 3.63) is 87.1 Å². The molecule has 1 aromatic heterocycles. The van der Waals surface area contributed by atoms with Crippen molar-refractivity contribution in [1.82, 2.24) is 9.88 Å². The first-order valence-corrected chi connectivity index (χ1v) is 15.2. The maximum atomic E-state index is 12.8. The molecule has 1 amide bonds. The summed E-state index contributed by atoms with van der Waals surface area (Å²) in [5.41, 5.74) is 9.77. The number of carbonyl (C=O) groups excluding carboxylic acids is 1. The number of nitrogens with one attached hydrogen (secondary N) is 1. The van der Waals surface area contributed by atoms with E-state index in [1.165, 1.54) is 61.7 Å². The molecule has 5 fully saturated rings. The standard InChI is InChI=1S/C34H37N3OS/c1-20-9-21(2)11-29(10-20)35-33-36-32(38)31(39-33)16-27-12-22(3)37(23(27)4)30-7-5-28(6-8-30)34-17-24-13-25(18-34)15-26(14-24)19-34/h5-12,16,24-26H,13-15,17-19H2,1-4H3,(H,35,36,38)/b31-16-. The van der Waals surface area contributed by atoms with Gasteiger partial charge in [-0.1, -0.05) is 18.2 Å². The van der Waals surface area contributed by atoms with Gasteiger partial charge in [0.15, 0.2) is 5.17 Å². The Morgan fingerprint density at radius 2 is 1.51 bits per heavy atom. The van der Waals surface area contributed by atoms with Gasteiger partial charge in [-0.25, -0.2) is 4.99 Å². The molecular formula is C34H37N3OS. The van der Waals surface area contributed by atoms with E-state index in [9.17, 15) is 4.79 Å². The fourth-order valence-electron chi connectivity index (χ4n) is 8.51. The highest BCUT2D eigenvalue weighted by Gasteiger charge is 2.51. The Hall–Kier alpha value is -3.05. The van der Waals surface area contributed by atoms with Gasteiger partial charge < -0.3 is 9.88 Å². The Kier molecular flexibility index (Phi) is 5.93. The van der Waals surface area contributed by atoms with Gasteiger partial charge in [0.25, 0.3) is 5.91 Å². The molecule has 5 aliphatic rings. The van der Waals surface area contributed by atoms with Crippen molar-refractivity contribution < 1.29 is 4.79 Å². The monoisotopic (exact) mass is 535 g/mol. The highest BCUT2D eigenvalue weighted by atomic mass is 32.2. The molecule has 39 heavy (non-hydrogen) atoms. The van der Waals surface area contributed by atoms with Gasteiger partial charge in [0.05, 0.1) is 10.6 Å². The summed E-state index contributed by atoms with van der Waals surface area (Å²) in [7, 11) is 0. The number of aryl methyl sites for hydroxylation is 3. The molecule has 8 rings (SSSR count). The molecule has 1 saturated heterocycles. The number of amidine groups is 1. The number of carbonyl (C=O) groups is 1. The first-order chi connectivity index (χ1) is 18.7. The molecule has 2 heterocycles. The highest BCUT2D eigenvalue weighted by molar-refractivity contribution is 8.18. The van der Waals surface area contributed by atoms with Gasteiger partial charge >= 0.3 is 0 Å². The summed E-state index contributed by atoms with van der Waals surface area (Å²) < 4.78 is 2.32. The molecular weight excluding hydrogens is 498 g/mol. The summed E-state index contributed by atoms with van der Waals surface area (Å²) in [6.07, 6.45) is 10.6. The minimum atomic E-state index is -0.0900. The first-order valence-electron chi connectivity index (χ1n) is 14.4. The molecule has 4 aliphatic carbocycles. The largest absolute Gasteiger partial charge is 0.318 e. The lowest BCUT2D eigenvalue weighted by atomic mass is 9.48. The lowest BCUT2D eigenvalue weighted by Crippen LogP contribution is -2.48. The normalized spacial score (nSPS) is 29.5. The maximum Gasteiger partial charge on any atom is 0.264 e. The van der Waals surface area contributed by atoms with Crippen LogP contribution in [0.5, 0.6) is 0 Å². The zero-order valence-electron chi connectivity index (χ0n) is 23.4. The fourth-order valence-corrected chi connectivity index (χ4v) is 9.35. The Morgan fingerprint density at radius 3 is 2.13 bits per heavy atom. The first kappa shape index (κ1) is 25.0. The zero-order chi connectivity index (χ0) is 26.9. The van der Waals surface area contributed by atoms with Gasteiger partial charge in [0, 0.05) is 17.1 Å². The number of aliphatic imine (C=N–C) groups is 1. The minimum absolute atomic E-state index is 0.0900. The third-order valence-corrected chi connectivity index (χ3v) is 10.5. The van der Waals surface area contributed by atoms with Crippen LogP contribution >= 0.6 is 11.8 Å². The van der Waals surface area contributed by atoms with E-state index in [2.05, 4.69) is 74.0 Å². The van der Waals surface area contributed by atoms with E-state index in [1.807, 2.05) is 18.2 Å². The number of hydrogen-bond acceptors (Lipinski definition) is 3. The number of nitrogens with zero attached hydrogens (tertiary/aromatic N) is 2. The van der Waals surface area contributed by atoms with E-state index in [4.69, 9.17) is 4.99 Å². The number of benzene rings is 2. The van der Waals surface area contributed by atoms with E-state index in [0.29, 0.717) is 15.5 Å². The summed E-state index contributed by atoms with van der Waals surface area (Å²) in [6, 6.07) is 17.8. The third kappa shape index (κ3) is 4.49. The minimum Gasteiger partial charge on any atom is -0.318 e. The number of hydrogen-bond donors (Lipinski definition) is 1. The summed E-state index contributed by atoms with van der Waals surface area (Å²) >= 11 is 1.41. The Morgan fingerprint density at radius 1 is 0.897 bits per heavy atom. The van der Waals surface area contributed by atoms with Crippen molar-refractivity contribution >= 4 is 34.6 Å². The van der Waals surface area contributed by atoms with Crippen molar-refractivity contribution in [3.8, 4) is 5.69 Å². The molecule has 0 spiro atoms. The molecule has 0 unspecified atom stereocenters. The van der Waals surface area contributed by atoms with E-state index in [0.717, 1.165) is 45.8 Å². The molecule has 0 atom stereocenters. The summed E-state index contributed by atoms with van der Waals surface area (Å²) in [6.45, 7) is 8.43. The second-order valence-corrected chi connectivity index (χ2v) is 13.8. The Bertz CT molecular complexity index is 1490. The molecule has 4 bridgehead atoms. The molecule has 4 nitrogen and oxygen atoms in total. The SMILES string of the molecule is Cc1cc(C)cc(N=C2NC(=O)/C(=C/c3cc(C)n(-c4ccc(C56CC7CC(CC(C7)C5)C6)cc4)c3C)S2)c1. The van der Waals surface area contributed by atoms with Crippen LogP contribution in [0.1, 0.15) is 72.2 Å². The zero-order valence-corrected chi connectivity index (χ0v) is 24.2. The van der Waals surface area contributed by atoms with Gasteiger partial charge in [-0.05, 0) is 160 Å². The van der Waals surface area contributed by atoms with Crippen LogP contribution in [0.25, 0.3) is 11.8 Å². The summed E-state index contributed by atoms with van der Waals surface area (Å²) in [5.74, 6) is 2.78. The van der Waals surface area contributed by atoms with Crippen LogP contribution in [0.3, 0.4) is 0 Å². The van der Waals surface area contributed by atoms with E-state index >= 15 is 0 Å². The summed E-state index contributed by atoms with van der Waals surface area (Å²) in [4.78, 5) is 18.2. The summed E-state index contributed by atoms with van der Waals surface area (Å²) in [5, 5.41) is 3.57. The fraction of sp³-hybridized carbons (Fsp3) is 0.412. The predicted molar refractivity (Wildman–Crippen MR) is 162 cm³/mol. The van der Waals surface area contributed by atoms with Crippen LogP contribution in [-0.4, -0.2) is 15.6 Å². The van der Waals surface area contributed by atoms with Crippen LogP contribution in [0.15, 0.2) is 58.4 Å². The molecule has 4 saturated carbocycles. The molecule has 1 aliphatic heterocycles. The molecule has 5 heteroatoms. The molecule has 1 N–H and O–H groups in total. The van der Waals surface area contributed by atoms with Crippen LogP contribution in [0.4, 0.5) is 5.69 Å². The maximum absolute atomic E-state index is 12.8. The van der Waals surface area contributed by atoms with Gasteiger partial charge in [-0.2, -0.15) is 0 Å². The van der Waals surface area contributed by atoms with Crippen LogP contribution in [-0.2, 0) is 10.2 Å². The number of aromatic nitrogens is 1. The smallest absolute Gasteiger partial charge is 0.264 e. The lowest BCUT2D eigenvalue weighted by Gasteiger charge is -2.57. The van der Waals surface area contributed by atoms with Crippen molar-refractivity contribution in [1.29, 1.82) is 0 Å². The second kappa shape index (κ2) is 9.26. The quantitative estimate of drug-likeness (QED) is 0.343. The number of amides is 1. The van der Waals surface area contributed by atoms with Gasteiger partial charge in [-0.3, -0.25) is 4.79 Å². The van der Waals surface area contributed by atoms with Crippen molar-refractivity contribution in [2.45, 2.75) is 71.6 Å². The average molecular weight is 536 g/mol. The van der Waals surface area contributed by atoms with Crippen molar-refractivity contribution in [2.75, 3.05) is 0 Å². The highest BCUT2D eigenvalue weighted by Crippen LogP contribution is 2.60. The van der Waals surface area contributed by atoms with E-state index in [-0.39, 0.29) is 5.91 Å². The topological polar surface area (TPSA) is 46.4 Å². The molecule has 200 valence electrons. The van der Waals surface area contributed by atoms with E-state index in [1.54, 1.807) is 5.56 Å². The van der Waals surface area contributed by atoms with Gasteiger partial charge in [0.2, 0.25) is 0 Å².